The van der Waals surface area contributed by atoms with Gasteiger partial charge in [0.1, 0.15) is 16.8 Å². The van der Waals surface area contributed by atoms with E-state index in [4.69, 9.17) is 0 Å². The van der Waals surface area contributed by atoms with Crippen molar-refractivity contribution in [2.75, 3.05) is 11.9 Å². The van der Waals surface area contributed by atoms with Crippen molar-refractivity contribution >= 4 is 34.4 Å². The van der Waals surface area contributed by atoms with Gasteiger partial charge in [0.25, 0.3) is 0 Å². The van der Waals surface area contributed by atoms with Gasteiger partial charge in [-0.1, -0.05) is 19.9 Å². The number of benzene rings is 1. The summed E-state index contributed by atoms with van der Waals surface area (Å²) < 4.78 is 30.9. The number of carbonyl (C=O) groups is 1. The number of halogens is 1. The highest BCUT2D eigenvalue weighted by atomic mass is 32.2. The second kappa shape index (κ2) is 8.68. The van der Waals surface area contributed by atoms with E-state index in [1.807, 2.05) is 53.7 Å². The number of allylic oxidation sites excluding steroid dienone is 2. The second-order valence-electron chi connectivity index (χ2n) is 8.42. The Kier molecular flexibility index (Phi) is 6.97. The lowest BCUT2D eigenvalue weighted by atomic mass is 9.83. The zero-order valence-corrected chi connectivity index (χ0v) is 18.7. The van der Waals surface area contributed by atoms with Crippen LogP contribution >= 0.6 is 0 Å². The number of anilines is 1. The first-order chi connectivity index (χ1) is 13.0. The molecule has 2 rings (SSSR count). The van der Waals surface area contributed by atoms with E-state index in [1.54, 1.807) is 13.3 Å². The molecular formula is C22H31FN2O2S. The van der Waals surface area contributed by atoms with Crippen LogP contribution in [0, 0.1) is 17.7 Å². The maximum atomic E-state index is 14.9. The number of aryl methyl sites for hydroxylation is 1. The van der Waals surface area contributed by atoms with Crippen LogP contribution in [-0.4, -0.2) is 28.1 Å². The third kappa shape index (κ3) is 4.77. The Morgan fingerprint density at radius 3 is 2.50 bits per heavy atom. The molecule has 4 nitrogen and oxygen atoms in total. The van der Waals surface area contributed by atoms with Gasteiger partial charge in [0.2, 0.25) is 5.91 Å². The van der Waals surface area contributed by atoms with Crippen LogP contribution < -0.4 is 4.90 Å². The van der Waals surface area contributed by atoms with Gasteiger partial charge in [0, 0.05) is 30.9 Å². The quantitative estimate of drug-likeness (QED) is 0.650. The summed E-state index contributed by atoms with van der Waals surface area (Å²) in [5.41, 5.74) is 3.09. The van der Waals surface area contributed by atoms with Crippen LogP contribution in [0.4, 0.5) is 10.1 Å². The summed E-state index contributed by atoms with van der Waals surface area (Å²) in [6.45, 7) is 11.6. The molecule has 0 aromatic heterocycles. The molecule has 1 aliphatic rings. The Labute approximate surface area is 170 Å². The van der Waals surface area contributed by atoms with Gasteiger partial charge in [-0.2, -0.15) is 4.40 Å². The molecule has 0 fully saturated rings. The SMILES string of the molecule is CC=C(c1cc2c(cc1F)N(C)C(=O)CC2)C(C)C(C)C=NS(=O)C(C)(C)C. The predicted molar refractivity (Wildman–Crippen MR) is 116 cm³/mol. The number of amides is 1. The first kappa shape index (κ1) is 22.5. The van der Waals surface area contributed by atoms with Crippen LogP contribution in [0.2, 0.25) is 0 Å². The Balaban J connectivity index is 2.31. The third-order valence-electron chi connectivity index (χ3n) is 5.33. The zero-order valence-electron chi connectivity index (χ0n) is 17.9. The first-order valence-electron chi connectivity index (χ1n) is 9.69. The Hall–Kier alpha value is -1.82. The minimum Gasteiger partial charge on any atom is -0.315 e. The molecule has 0 radical (unpaired) electrons. The summed E-state index contributed by atoms with van der Waals surface area (Å²) in [4.78, 5) is 13.4. The maximum Gasteiger partial charge on any atom is 0.227 e. The lowest BCUT2D eigenvalue weighted by Crippen LogP contribution is -2.31. The summed E-state index contributed by atoms with van der Waals surface area (Å²) in [6.07, 6.45) is 4.71. The standard InChI is InChI=1S/C22H31FN2O2S/c1-8-17(15(3)14(2)13-24-28(27)22(4,5)6)18-11-16-9-10-21(26)25(7)20(16)12-19(18)23/h8,11-15H,9-10H2,1-7H3. The van der Waals surface area contributed by atoms with Gasteiger partial charge in [0.15, 0.2) is 0 Å². The van der Waals surface area contributed by atoms with Crippen molar-refractivity contribution < 1.29 is 13.4 Å². The molecule has 1 aliphatic heterocycles. The highest BCUT2D eigenvalue weighted by molar-refractivity contribution is 7.85. The molecule has 6 heteroatoms. The van der Waals surface area contributed by atoms with E-state index < -0.39 is 15.7 Å². The molecule has 3 atom stereocenters. The predicted octanol–water partition coefficient (Wildman–Crippen LogP) is 4.94. The molecule has 154 valence electrons. The summed E-state index contributed by atoms with van der Waals surface area (Å²) in [5.74, 6) is -0.322. The molecule has 28 heavy (non-hydrogen) atoms. The maximum absolute atomic E-state index is 14.9. The van der Waals surface area contributed by atoms with Crippen molar-refractivity contribution in [1.29, 1.82) is 0 Å². The zero-order chi connectivity index (χ0) is 21.2. The van der Waals surface area contributed by atoms with Crippen molar-refractivity contribution in [3.63, 3.8) is 0 Å². The van der Waals surface area contributed by atoms with Crippen molar-refractivity contribution in [3.8, 4) is 0 Å². The topological polar surface area (TPSA) is 49.7 Å². The average molecular weight is 407 g/mol. The van der Waals surface area contributed by atoms with E-state index >= 15 is 0 Å². The molecule has 3 unspecified atom stereocenters. The summed E-state index contributed by atoms with van der Waals surface area (Å²) in [5, 5.41) is 0. The fraction of sp³-hybridized carbons (Fsp3) is 0.545. The van der Waals surface area contributed by atoms with Crippen molar-refractivity contribution in [2.45, 2.75) is 59.1 Å². The molecule has 0 saturated heterocycles. The van der Waals surface area contributed by atoms with Crippen LogP contribution in [0.15, 0.2) is 22.6 Å². The highest BCUT2D eigenvalue weighted by Gasteiger charge is 2.26. The first-order valence-corrected chi connectivity index (χ1v) is 10.8. The molecule has 0 N–H and O–H groups in total. The number of rotatable bonds is 5. The molecule has 1 aromatic carbocycles. The lowest BCUT2D eigenvalue weighted by molar-refractivity contribution is -0.118. The fourth-order valence-electron chi connectivity index (χ4n) is 3.27. The molecule has 1 heterocycles. The second-order valence-corrected chi connectivity index (χ2v) is 10.4. The largest absolute Gasteiger partial charge is 0.315 e. The van der Waals surface area contributed by atoms with E-state index in [0.717, 1.165) is 11.1 Å². The van der Waals surface area contributed by atoms with E-state index in [-0.39, 0.29) is 23.6 Å². The van der Waals surface area contributed by atoms with Crippen LogP contribution in [0.5, 0.6) is 0 Å². The van der Waals surface area contributed by atoms with Crippen LogP contribution in [0.3, 0.4) is 0 Å². The van der Waals surface area contributed by atoms with Crippen LogP contribution in [-0.2, 0) is 22.2 Å². The molecule has 0 spiro atoms. The normalized spacial score (nSPS) is 18.9. The van der Waals surface area contributed by atoms with Crippen LogP contribution in [0.25, 0.3) is 5.57 Å². The van der Waals surface area contributed by atoms with E-state index in [1.165, 1.54) is 11.0 Å². The third-order valence-corrected chi connectivity index (χ3v) is 6.69. The van der Waals surface area contributed by atoms with Gasteiger partial charge in [-0.15, -0.1) is 0 Å². The van der Waals surface area contributed by atoms with E-state index in [9.17, 15) is 13.4 Å². The molecule has 0 bridgehead atoms. The van der Waals surface area contributed by atoms with Gasteiger partial charge in [-0.3, -0.25) is 4.79 Å². The van der Waals surface area contributed by atoms with Crippen molar-refractivity contribution in [3.05, 3.63) is 35.2 Å². The Bertz CT molecular complexity index is 840. The molecule has 0 aliphatic carbocycles. The smallest absolute Gasteiger partial charge is 0.227 e. The number of nitrogens with zero attached hydrogens (tertiary/aromatic N) is 2. The molecule has 1 amide bonds. The van der Waals surface area contributed by atoms with Gasteiger partial charge < -0.3 is 4.90 Å². The number of hydrogen-bond acceptors (Lipinski definition) is 2. The minimum atomic E-state index is -1.31. The summed E-state index contributed by atoms with van der Waals surface area (Å²) >= 11 is 0. The molecule has 1 aromatic rings. The number of hydrogen-bond donors (Lipinski definition) is 0. The number of fused-ring (bicyclic) bond motifs is 1. The summed E-state index contributed by atoms with van der Waals surface area (Å²) in [7, 11) is 0.378. The molecule has 0 saturated carbocycles. The fourth-order valence-corrected chi connectivity index (χ4v) is 3.89. The van der Waals surface area contributed by atoms with Crippen LogP contribution in [0.1, 0.15) is 59.1 Å². The average Bonchev–Trinajstić information content (AvgIpc) is 2.63. The van der Waals surface area contributed by atoms with Crippen molar-refractivity contribution in [2.24, 2.45) is 16.2 Å². The Morgan fingerprint density at radius 2 is 1.93 bits per heavy atom. The minimum absolute atomic E-state index is 0.00113. The Morgan fingerprint density at radius 1 is 1.29 bits per heavy atom. The van der Waals surface area contributed by atoms with E-state index in [0.29, 0.717) is 24.1 Å². The van der Waals surface area contributed by atoms with Gasteiger partial charge in [0.05, 0.1) is 4.75 Å². The van der Waals surface area contributed by atoms with Gasteiger partial charge >= 0.3 is 0 Å². The van der Waals surface area contributed by atoms with Crippen molar-refractivity contribution in [1.82, 2.24) is 0 Å². The highest BCUT2D eigenvalue weighted by Crippen LogP contribution is 2.36. The number of carbonyl (C=O) groups excluding carboxylic acids is 1. The molecular weight excluding hydrogens is 375 g/mol. The lowest BCUT2D eigenvalue weighted by Gasteiger charge is -2.28. The monoisotopic (exact) mass is 406 g/mol. The van der Waals surface area contributed by atoms with Gasteiger partial charge in [-0.05, 0) is 69.2 Å². The van der Waals surface area contributed by atoms with E-state index in [2.05, 4.69) is 4.40 Å². The summed E-state index contributed by atoms with van der Waals surface area (Å²) in [6, 6.07) is 3.34. The van der Waals surface area contributed by atoms with Gasteiger partial charge in [-0.25, -0.2) is 8.60 Å².